The van der Waals surface area contributed by atoms with E-state index in [-0.39, 0.29) is 17.9 Å². The third-order valence-corrected chi connectivity index (χ3v) is 7.91. The van der Waals surface area contributed by atoms with Crippen LogP contribution in [-0.2, 0) is 19.7 Å². The summed E-state index contributed by atoms with van der Waals surface area (Å²) in [5.41, 5.74) is 0.767. The van der Waals surface area contributed by atoms with Crippen molar-refractivity contribution in [1.82, 2.24) is 10.2 Å². The number of esters is 1. The monoisotopic (exact) mass is 518 g/mol. The van der Waals surface area contributed by atoms with Gasteiger partial charge >= 0.3 is 5.97 Å². The van der Waals surface area contributed by atoms with Gasteiger partial charge in [-0.05, 0) is 73.7 Å². The molecule has 2 fully saturated rings. The summed E-state index contributed by atoms with van der Waals surface area (Å²) in [6, 6.07) is 15.5. The molecule has 0 aromatic heterocycles. The molecule has 7 heteroatoms. The van der Waals surface area contributed by atoms with Gasteiger partial charge in [0.05, 0.1) is 14.2 Å². The largest absolute Gasteiger partial charge is 0.497 e. The lowest BCUT2D eigenvalue weighted by Gasteiger charge is -2.59. The topological polar surface area (TPSA) is 77.1 Å². The molecule has 1 saturated carbocycles. The number of carbonyl (C=O) groups excluding carboxylic acids is 2. The van der Waals surface area contributed by atoms with Crippen molar-refractivity contribution < 1.29 is 23.8 Å². The lowest BCUT2D eigenvalue weighted by molar-refractivity contribution is -0.186. The lowest BCUT2D eigenvalue weighted by Crippen LogP contribution is -2.68. The maximum absolute atomic E-state index is 13.0. The summed E-state index contributed by atoms with van der Waals surface area (Å²) in [6.07, 6.45) is 8.03. The van der Waals surface area contributed by atoms with E-state index in [9.17, 15) is 9.59 Å². The fourth-order valence-corrected chi connectivity index (χ4v) is 6.23. The molecule has 0 bridgehead atoms. The van der Waals surface area contributed by atoms with E-state index < -0.39 is 11.0 Å². The molecule has 7 nitrogen and oxygen atoms in total. The predicted molar refractivity (Wildman–Crippen MR) is 148 cm³/mol. The van der Waals surface area contributed by atoms with Crippen molar-refractivity contribution in [2.45, 2.75) is 49.7 Å². The van der Waals surface area contributed by atoms with E-state index in [4.69, 9.17) is 14.2 Å². The third-order valence-electron chi connectivity index (χ3n) is 7.91. The molecule has 1 saturated heterocycles. The van der Waals surface area contributed by atoms with Gasteiger partial charge in [-0.1, -0.05) is 30.3 Å². The van der Waals surface area contributed by atoms with Gasteiger partial charge in [0.2, 0.25) is 5.91 Å². The molecule has 2 aliphatic rings. The van der Waals surface area contributed by atoms with Crippen LogP contribution in [0, 0.1) is 0 Å². The van der Waals surface area contributed by atoms with E-state index in [1.165, 1.54) is 6.92 Å². The molecular formula is C31H38N2O5. The summed E-state index contributed by atoms with van der Waals surface area (Å²) < 4.78 is 17.1. The van der Waals surface area contributed by atoms with Crippen LogP contribution in [0.5, 0.6) is 11.5 Å². The number of rotatable bonds is 9. The smallest absolute Gasteiger partial charge is 0.303 e. The first-order valence-corrected chi connectivity index (χ1v) is 13.1. The number of nitrogens with zero attached hydrogens (tertiary/aromatic N) is 1. The Bertz CT molecular complexity index is 1190. The Labute approximate surface area is 225 Å². The van der Waals surface area contributed by atoms with Crippen LogP contribution in [0.3, 0.4) is 0 Å². The minimum atomic E-state index is -0.718. The molecule has 1 aliphatic heterocycles. The van der Waals surface area contributed by atoms with Crippen molar-refractivity contribution in [3.05, 3.63) is 78.4 Å². The van der Waals surface area contributed by atoms with E-state index >= 15 is 0 Å². The predicted octanol–water partition coefficient (Wildman–Crippen LogP) is 4.52. The number of piperidine rings is 1. The zero-order chi connectivity index (χ0) is 27.2. The SMILES string of the molecule is C=CCN1CC[C@@]2(c3cccc(OC)c3)C[C@H](NC(=O)C=Cc3cccc(OC)c3)CC[C@]2(OC(C)=O)C1. The number of carbonyl (C=O) groups is 2. The highest BCUT2D eigenvalue weighted by Crippen LogP contribution is 2.54. The molecule has 2 aromatic rings. The van der Waals surface area contributed by atoms with Gasteiger partial charge in [0.25, 0.3) is 0 Å². The summed E-state index contributed by atoms with van der Waals surface area (Å²) >= 11 is 0. The van der Waals surface area contributed by atoms with Crippen LogP contribution in [0.2, 0.25) is 0 Å². The molecule has 202 valence electrons. The van der Waals surface area contributed by atoms with Gasteiger partial charge in [-0.25, -0.2) is 0 Å². The Morgan fingerprint density at radius 3 is 2.55 bits per heavy atom. The van der Waals surface area contributed by atoms with Gasteiger partial charge in [-0.2, -0.15) is 0 Å². The van der Waals surface area contributed by atoms with Crippen molar-refractivity contribution in [3.63, 3.8) is 0 Å². The number of hydrogen-bond donors (Lipinski definition) is 1. The first-order valence-electron chi connectivity index (χ1n) is 13.1. The van der Waals surface area contributed by atoms with Crippen LogP contribution in [0.15, 0.2) is 67.3 Å². The summed E-state index contributed by atoms with van der Waals surface area (Å²) in [5, 5.41) is 3.22. The molecule has 1 heterocycles. The average Bonchev–Trinajstić information content (AvgIpc) is 2.92. The Morgan fingerprint density at radius 2 is 1.84 bits per heavy atom. The maximum atomic E-state index is 13.0. The highest BCUT2D eigenvalue weighted by Gasteiger charge is 2.60. The van der Waals surface area contributed by atoms with E-state index in [1.54, 1.807) is 26.4 Å². The number of benzene rings is 2. The van der Waals surface area contributed by atoms with E-state index in [1.807, 2.05) is 48.5 Å². The molecule has 0 radical (unpaired) electrons. The summed E-state index contributed by atoms with van der Waals surface area (Å²) in [6.45, 7) is 7.57. The fourth-order valence-electron chi connectivity index (χ4n) is 6.23. The van der Waals surface area contributed by atoms with E-state index in [2.05, 4.69) is 22.9 Å². The van der Waals surface area contributed by atoms with Gasteiger partial charge < -0.3 is 19.5 Å². The van der Waals surface area contributed by atoms with Crippen LogP contribution in [0.1, 0.15) is 43.7 Å². The van der Waals surface area contributed by atoms with Crippen LogP contribution >= 0.6 is 0 Å². The Hall–Kier alpha value is -3.58. The number of fused-ring (bicyclic) bond motifs is 1. The average molecular weight is 519 g/mol. The van der Waals surface area contributed by atoms with Crippen molar-refractivity contribution in [3.8, 4) is 11.5 Å². The summed E-state index contributed by atoms with van der Waals surface area (Å²) in [7, 11) is 3.27. The van der Waals surface area contributed by atoms with E-state index in [0.29, 0.717) is 25.8 Å². The van der Waals surface area contributed by atoms with Gasteiger partial charge in [0, 0.05) is 37.5 Å². The Morgan fingerprint density at radius 1 is 1.11 bits per heavy atom. The van der Waals surface area contributed by atoms with E-state index in [0.717, 1.165) is 42.1 Å². The fraction of sp³-hybridized carbons (Fsp3) is 0.419. The zero-order valence-corrected chi connectivity index (χ0v) is 22.6. The molecule has 1 aliphatic carbocycles. The zero-order valence-electron chi connectivity index (χ0n) is 22.6. The van der Waals surface area contributed by atoms with Crippen molar-refractivity contribution in [2.24, 2.45) is 0 Å². The molecule has 0 unspecified atom stereocenters. The standard InChI is InChI=1S/C31H38N2O5/c1-5-17-33-18-16-30(25-9-7-11-28(20-25)37-4)21-26(14-15-31(30,22-33)38-23(2)34)32-29(35)13-12-24-8-6-10-27(19-24)36-3/h5-13,19-20,26H,1,14-18,21-22H2,2-4H3,(H,32,35)/t26-,30+,31+/m1/s1. The molecule has 4 rings (SSSR count). The number of hydrogen-bond acceptors (Lipinski definition) is 6. The minimum Gasteiger partial charge on any atom is -0.497 e. The summed E-state index contributed by atoms with van der Waals surface area (Å²) in [5.74, 6) is 1.06. The number of amides is 1. The van der Waals surface area contributed by atoms with Gasteiger partial charge in [0.1, 0.15) is 17.1 Å². The number of likely N-dealkylation sites (tertiary alicyclic amines) is 1. The minimum absolute atomic E-state index is 0.0710. The van der Waals surface area contributed by atoms with Gasteiger partial charge in [-0.3, -0.25) is 14.5 Å². The second kappa shape index (κ2) is 11.9. The lowest BCUT2D eigenvalue weighted by atomic mass is 9.55. The van der Waals surface area contributed by atoms with Crippen LogP contribution in [-0.4, -0.2) is 62.3 Å². The van der Waals surface area contributed by atoms with Crippen molar-refractivity contribution in [1.29, 1.82) is 0 Å². The molecular weight excluding hydrogens is 480 g/mol. The third kappa shape index (κ3) is 5.78. The van der Waals surface area contributed by atoms with Crippen molar-refractivity contribution in [2.75, 3.05) is 33.9 Å². The number of nitrogens with one attached hydrogen (secondary N) is 1. The Balaban J connectivity index is 1.63. The van der Waals surface area contributed by atoms with Crippen LogP contribution < -0.4 is 14.8 Å². The molecule has 1 N–H and O–H groups in total. The maximum Gasteiger partial charge on any atom is 0.303 e. The molecule has 0 spiro atoms. The normalized spacial score (nSPS) is 25.3. The highest BCUT2D eigenvalue weighted by molar-refractivity contribution is 5.92. The second-order valence-electron chi connectivity index (χ2n) is 10.2. The number of methoxy groups -OCH3 is 2. The van der Waals surface area contributed by atoms with Crippen LogP contribution in [0.4, 0.5) is 0 Å². The Kier molecular flexibility index (Phi) is 8.57. The van der Waals surface area contributed by atoms with Crippen molar-refractivity contribution >= 4 is 18.0 Å². The summed E-state index contributed by atoms with van der Waals surface area (Å²) in [4.78, 5) is 27.8. The van der Waals surface area contributed by atoms with Gasteiger partial charge in [-0.15, -0.1) is 6.58 Å². The highest BCUT2D eigenvalue weighted by atomic mass is 16.6. The second-order valence-corrected chi connectivity index (χ2v) is 10.2. The molecule has 3 atom stereocenters. The van der Waals surface area contributed by atoms with Crippen LogP contribution in [0.25, 0.3) is 6.08 Å². The first kappa shape index (κ1) is 27.5. The quantitative estimate of drug-likeness (QED) is 0.299. The molecule has 2 aromatic carbocycles. The number of ether oxygens (including phenoxy) is 3. The molecule has 1 amide bonds. The first-order chi connectivity index (χ1) is 18.3. The molecule has 38 heavy (non-hydrogen) atoms. The van der Waals surface area contributed by atoms with Gasteiger partial charge in [0.15, 0.2) is 0 Å².